The van der Waals surface area contributed by atoms with Gasteiger partial charge in [-0.25, -0.2) is 0 Å². The minimum Gasteiger partial charge on any atom is -0.256 e. The Morgan fingerprint density at radius 1 is 0.875 bits per heavy atom. The van der Waals surface area contributed by atoms with E-state index in [0.29, 0.717) is 10.0 Å². The van der Waals surface area contributed by atoms with E-state index in [1.54, 1.807) is 12.3 Å². The number of fused-ring (bicyclic) bond motifs is 2. The van der Waals surface area contributed by atoms with Crippen molar-refractivity contribution in [2.24, 2.45) is 0 Å². The Bertz CT molecular complexity index is 632. The second kappa shape index (κ2) is 3.62. The van der Waals surface area contributed by atoms with E-state index < -0.39 is 0 Å². The first-order valence-corrected chi connectivity index (χ1v) is 5.64. The second-order valence-corrected chi connectivity index (χ2v) is 4.44. The molecule has 0 saturated carbocycles. The third-order valence-electron chi connectivity index (χ3n) is 2.63. The highest BCUT2D eigenvalue weighted by atomic mass is 35.5. The van der Waals surface area contributed by atoms with Gasteiger partial charge in [0.1, 0.15) is 0 Å². The Hall–Kier alpha value is -1.31. The van der Waals surface area contributed by atoms with Crippen LogP contribution in [0.1, 0.15) is 0 Å². The van der Waals surface area contributed by atoms with Crippen LogP contribution in [-0.2, 0) is 0 Å². The standard InChI is InChI=1S/C13H7Cl2N/c14-11-3-4-12(15)10-7-13-8(6-9(10)11)2-1-5-16-13/h1-7H. The van der Waals surface area contributed by atoms with Gasteiger partial charge in [-0.3, -0.25) is 4.98 Å². The number of pyridine rings is 1. The number of benzene rings is 2. The molecule has 3 rings (SSSR count). The fourth-order valence-corrected chi connectivity index (χ4v) is 2.28. The molecule has 1 heterocycles. The molecule has 0 fully saturated rings. The van der Waals surface area contributed by atoms with Gasteiger partial charge in [-0.2, -0.15) is 0 Å². The van der Waals surface area contributed by atoms with Crippen LogP contribution in [0.25, 0.3) is 21.7 Å². The molecule has 0 amide bonds. The molecule has 0 bridgehead atoms. The Labute approximate surface area is 103 Å². The summed E-state index contributed by atoms with van der Waals surface area (Å²) in [6, 6.07) is 11.5. The van der Waals surface area contributed by atoms with Gasteiger partial charge in [0.2, 0.25) is 0 Å². The van der Waals surface area contributed by atoms with Crippen LogP contribution in [0.5, 0.6) is 0 Å². The summed E-state index contributed by atoms with van der Waals surface area (Å²) in [5.74, 6) is 0. The molecule has 1 nitrogen and oxygen atoms in total. The quantitative estimate of drug-likeness (QED) is 0.525. The SMILES string of the molecule is Clc1ccc(Cl)c2cc3ncccc3cc12. The summed E-state index contributed by atoms with van der Waals surface area (Å²) in [6.45, 7) is 0. The molecule has 1 aromatic heterocycles. The smallest absolute Gasteiger partial charge is 0.0708 e. The van der Waals surface area contributed by atoms with E-state index >= 15 is 0 Å². The molecule has 0 saturated heterocycles. The van der Waals surface area contributed by atoms with Crippen molar-refractivity contribution in [2.45, 2.75) is 0 Å². The molecular weight excluding hydrogens is 241 g/mol. The minimum atomic E-state index is 0.701. The molecule has 16 heavy (non-hydrogen) atoms. The molecular formula is C13H7Cl2N. The first-order chi connectivity index (χ1) is 7.75. The van der Waals surface area contributed by atoms with E-state index in [1.165, 1.54) is 0 Å². The van der Waals surface area contributed by atoms with Crippen LogP contribution in [0.2, 0.25) is 10.0 Å². The van der Waals surface area contributed by atoms with Crippen LogP contribution in [0, 0.1) is 0 Å². The first-order valence-electron chi connectivity index (χ1n) is 4.88. The van der Waals surface area contributed by atoms with Crippen molar-refractivity contribution in [2.75, 3.05) is 0 Å². The van der Waals surface area contributed by atoms with Gasteiger partial charge in [-0.15, -0.1) is 0 Å². The Balaban J connectivity index is 2.56. The topological polar surface area (TPSA) is 12.9 Å². The lowest BCUT2D eigenvalue weighted by Gasteiger charge is -2.05. The van der Waals surface area contributed by atoms with Gasteiger partial charge in [0.15, 0.2) is 0 Å². The fraction of sp³-hybridized carbons (Fsp3) is 0. The molecule has 0 aliphatic rings. The van der Waals surface area contributed by atoms with Crippen LogP contribution in [0.4, 0.5) is 0 Å². The summed E-state index contributed by atoms with van der Waals surface area (Å²) < 4.78 is 0. The van der Waals surface area contributed by atoms with Gasteiger partial charge < -0.3 is 0 Å². The summed E-state index contributed by atoms with van der Waals surface area (Å²) in [7, 11) is 0. The largest absolute Gasteiger partial charge is 0.256 e. The molecule has 0 aliphatic carbocycles. The van der Waals surface area contributed by atoms with E-state index in [1.807, 2.05) is 30.3 Å². The van der Waals surface area contributed by atoms with Crippen molar-refractivity contribution in [1.29, 1.82) is 0 Å². The summed E-state index contributed by atoms with van der Waals surface area (Å²) >= 11 is 12.3. The number of aromatic nitrogens is 1. The molecule has 0 N–H and O–H groups in total. The van der Waals surface area contributed by atoms with Gasteiger partial charge in [-0.05, 0) is 30.3 Å². The third kappa shape index (κ3) is 1.44. The lowest BCUT2D eigenvalue weighted by Crippen LogP contribution is -1.81. The van der Waals surface area contributed by atoms with Crippen LogP contribution in [-0.4, -0.2) is 4.98 Å². The zero-order valence-corrected chi connectivity index (χ0v) is 9.76. The maximum Gasteiger partial charge on any atom is 0.0708 e. The monoisotopic (exact) mass is 247 g/mol. The summed E-state index contributed by atoms with van der Waals surface area (Å²) in [5, 5.41) is 4.39. The lowest BCUT2D eigenvalue weighted by atomic mass is 10.1. The molecule has 0 spiro atoms. The molecule has 3 aromatic rings. The predicted molar refractivity (Wildman–Crippen MR) is 69.3 cm³/mol. The van der Waals surface area contributed by atoms with Crippen LogP contribution < -0.4 is 0 Å². The fourth-order valence-electron chi connectivity index (χ4n) is 1.84. The average Bonchev–Trinajstić information content (AvgIpc) is 2.32. The Morgan fingerprint density at radius 2 is 1.56 bits per heavy atom. The van der Waals surface area contributed by atoms with E-state index in [-0.39, 0.29) is 0 Å². The number of rotatable bonds is 0. The number of halogens is 2. The van der Waals surface area contributed by atoms with Crippen molar-refractivity contribution in [3.8, 4) is 0 Å². The van der Waals surface area contributed by atoms with Crippen LogP contribution in [0.3, 0.4) is 0 Å². The minimum absolute atomic E-state index is 0.701. The van der Waals surface area contributed by atoms with E-state index in [2.05, 4.69) is 4.98 Å². The highest BCUT2D eigenvalue weighted by Crippen LogP contribution is 2.32. The van der Waals surface area contributed by atoms with Gasteiger partial charge in [0.25, 0.3) is 0 Å². The van der Waals surface area contributed by atoms with Crippen molar-refractivity contribution in [3.05, 3.63) is 52.6 Å². The van der Waals surface area contributed by atoms with Crippen molar-refractivity contribution < 1.29 is 0 Å². The third-order valence-corrected chi connectivity index (χ3v) is 3.29. The normalized spacial score (nSPS) is 11.1. The van der Waals surface area contributed by atoms with Crippen LogP contribution in [0.15, 0.2) is 42.6 Å². The highest BCUT2D eigenvalue weighted by Gasteiger charge is 2.05. The Morgan fingerprint density at radius 3 is 2.31 bits per heavy atom. The van der Waals surface area contributed by atoms with E-state index in [9.17, 15) is 0 Å². The molecule has 3 heteroatoms. The molecule has 2 aromatic carbocycles. The van der Waals surface area contributed by atoms with Crippen LogP contribution >= 0.6 is 23.2 Å². The maximum atomic E-state index is 6.15. The predicted octanol–water partition coefficient (Wildman–Crippen LogP) is 4.69. The van der Waals surface area contributed by atoms with Gasteiger partial charge in [0.05, 0.1) is 5.52 Å². The highest BCUT2D eigenvalue weighted by molar-refractivity contribution is 6.40. The Kier molecular flexibility index (Phi) is 2.23. The molecule has 78 valence electrons. The van der Waals surface area contributed by atoms with Gasteiger partial charge in [0, 0.05) is 32.4 Å². The molecule has 0 unspecified atom stereocenters. The van der Waals surface area contributed by atoms with Crippen molar-refractivity contribution >= 4 is 44.9 Å². The number of hydrogen-bond donors (Lipinski definition) is 0. The zero-order chi connectivity index (χ0) is 11.1. The summed E-state index contributed by atoms with van der Waals surface area (Å²) in [5.41, 5.74) is 0.930. The average molecular weight is 248 g/mol. The first kappa shape index (κ1) is 9.88. The van der Waals surface area contributed by atoms with E-state index in [0.717, 1.165) is 21.7 Å². The van der Waals surface area contributed by atoms with E-state index in [4.69, 9.17) is 23.2 Å². The summed E-state index contributed by atoms with van der Waals surface area (Å²) in [4.78, 5) is 4.30. The second-order valence-electron chi connectivity index (χ2n) is 3.62. The molecule has 0 aliphatic heterocycles. The molecule has 0 radical (unpaired) electrons. The number of nitrogens with zero attached hydrogens (tertiary/aromatic N) is 1. The van der Waals surface area contributed by atoms with Gasteiger partial charge in [-0.1, -0.05) is 29.3 Å². The number of hydrogen-bond acceptors (Lipinski definition) is 1. The molecule has 0 atom stereocenters. The maximum absolute atomic E-state index is 6.15. The summed E-state index contributed by atoms with van der Waals surface area (Å²) in [6.07, 6.45) is 1.77. The van der Waals surface area contributed by atoms with Gasteiger partial charge >= 0.3 is 0 Å². The van der Waals surface area contributed by atoms with Crippen molar-refractivity contribution in [3.63, 3.8) is 0 Å². The lowest BCUT2D eigenvalue weighted by molar-refractivity contribution is 1.42. The van der Waals surface area contributed by atoms with Crippen molar-refractivity contribution in [1.82, 2.24) is 4.98 Å². The zero-order valence-electron chi connectivity index (χ0n) is 8.24.